The molecule has 2 N–H and O–H groups in total. The van der Waals surface area contributed by atoms with Crippen molar-refractivity contribution in [2.24, 2.45) is 0 Å². The Morgan fingerprint density at radius 2 is 2.08 bits per heavy atom. The van der Waals surface area contributed by atoms with Crippen LogP contribution in [0.3, 0.4) is 0 Å². The quantitative estimate of drug-likeness (QED) is 0.892. The van der Waals surface area contributed by atoms with Gasteiger partial charge in [0, 0.05) is 19.0 Å². The highest BCUT2D eigenvalue weighted by atomic mass is 16.5. The van der Waals surface area contributed by atoms with Gasteiger partial charge in [-0.15, -0.1) is 0 Å². The van der Waals surface area contributed by atoms with Crippen molar-refractivity contribution in [2.45, 2.75) is 44.6 Å². The summed E-state index contributed by atoms with van der Waals surface area (Å²) >= 11 is 0. The summed E-state index contributed by atoms with van der Waals surface area (Å²) in [7, 11) is 1.63. The third kappa shape index (κ3) is 2.81. The lowest BCUT2D eigenvalue weighted by Gasteiger charge is -2.37. The van der Waals surface area contributed by atoms with E-state index in [9.17, 15) is 15.0 Å². The summed E-state index contributed by atoms with van der Waals surface area (Å²) in [6.45, 7) is 1.85. The van der Waals surface area contributed by atoms with Gasteiger partial charge in [-0.1, -0.05) is 18.0 Å². The van der Waals surface area contributed by atoms with Gasteiger partial charge in [-0.3, -0.25) is 0 Å². The number of rotatable bonds is 4. The first-order chi connectivity index (χ1) is 11.4. The van der Waals surface area contributed by atoms with Gasteiger partial charge in [0.1, 0.15) is 11.4 Å². The Balaban J connectivity index is 1.99. The largest absolute Gasteiger partial charge is 0.506 e. The Hall–Kier alpha value is -2.57. The molecule has 1 amide bonds. The number of carboxylic acid groups (broad SMARTS) is 1. The predicted molar refractivity (Wildman–Crippen MR) is 86.8 cm³/mol. The monoisotopic (exact) mass is 331 g/mol. The summed E-state index contributed by atoms with van der Waals surface area (Å²) in [5.41, 5.74) is 1.76. The number of pyridine rings is 1. The third-order valence-electron chi connectivity index (χ3n) is 5.00. The summed E-state index contributed by atoms with van der Waals surface area (Å²) in [4.78, 5) is 17.2. The van der Waals surface area contributed by atoms with Crippen LogP contribution >= 0.6 is 0 Å². The molecule has 1 saturated carbocycles. The zero-order valence-corrected chi connectivity index (χ0v) is 13.8. The molecule has 128 valence electrons. The molecule has 2 heterocycles. The highest BCUT2D eigenvalue weighted by Gasteiger charge is 2.42. The second-order valence-corrected chi connectivity index (χ2v) is 6.43. The fraction of sp³-hybridized carbons (Fsp3) is 0.471. The van der Waals surface area contributed by atoms with Crippen molar-refractivity contribution in [2.75, 3.05) is 7.05 Å². The van der Waals surface area contributed by atoms with Gasteiger partial charge in [0.2, 0.25) is 0 Å². The second-order valence-electron chi connectivity index (χ2n) is 6.43. The third-order valence-corrected chi connectivity index (χ3v) is 5.00. The normalized spacial score (nSPS) is 16.2. The Bertz CT molecular complexity index is 733. The molecule has 2 aromatic heterocycles. The molecule has 1 fully saturated rings. The van der Waals surface area contributed by atoms with Crippen molar-refractivity contribution >= 4 is 6.09 Å². The number of hydrogen-bond donors (Lipinski definition) is 2. The van der Waals surface area contributed by atoms with Crippen LogP contribution in [-0.4, -0.2) is 43.9 Å². The maximum atomic E-state index is 11.5. The SMILES string of the molecule is Cc1noc(-c2ccc(O)cn2)c1CC1(N(C)C(=O)O)CCCC1. The summed E-state index contributed by atoms with van der Waals surface area (Å²) in [6.07, 6.45) is 4.64. The van der Waals surface area contributed by atoms with Crippen molar-refractivity contribution in [1.29, 1.82) is 0 Å². The van der Waals surface area contributed by atoms with Crippen LogP contribution in [0.25, 0.3) is 11.5 Å². The standard InChI is InChI=1S/C17H21N3O4/c1-11-13(9-17(7-3-4-8-17)20(2)16(22)23)15(24-19-11)14-6-5-12(21)10-18-14/h5-6,10,21H,3-4,7-9H2,1-2H3,(H,22,23). The maximum Gasteiger partial charge on any atom is 0.407 e. The first kappa shape index (κ1) is 16.3. The molecule has 24 heavy (non-hydrogen) atoms. The van der Waals surface area contributed by atoms with Crippen LogP contribution in [-0.2, 0) is 6.42 Å². The molecule has 0 bridgehead atoms. The molecule has 0 unspecified atom stereocenters. The van der Waals surface area contributed by atoms with Gasteiger partial charge in [0.25, 0.3) is 0 Å². The van der Waals surface area contributed by atoms with Gasteiger partial charge in [0.15, 0.2) is 5.76 Å². The van der Waals surface area contributed by atoms with Crippen LogP contribution in [0.1, 0.15) is 36.9 Å². The smallest absolute Gasteiger partial charge is 0.407 e. The number of carbonyl (C=O) groups is 1. The number of aryl methyl sites for hydroxylation is 1. The Kier molecular flexibility index (Phi) is 4.17. The van der Waals surface area contributed by atoms with E-state index in [4.69, 9.17) is 4.52 Å². The van der Waals surface area contributed by atoms with Crippen LogP contribution in [0.4, 0.5) is 4.79 Å². The van der Waals surface area contributed by atoms with Crippen LogP contribution in [0, 0.1) is 6.92 Å². The average Bonchev–Trinajstić information content (AvgIpc) is 3.17. The van der Waals surface area contributed by atoms with E-state index in [-0.39, 0.29) is 5.75 Å². The first-order valence-electron chi connectivity index (χ1n) is 8.00. The minimum atomic E-state index is -0.921. The van der Waals surface area contributed by atoms with Gasteiger partial charge in [0.05, 0.1) is 17.4 Å². The van der Waals surface area contributed by atoms with E-state index in [2.05, 4.69) is 10.1 Å². The lowest BCUT2D eigenvalue weighted by molar-refractivity contribution is 0.0952. The number of nitrogens with zero attached hydrogens (tertiary/aromatic N) is 3. The Morgan fingerprint density at radius 1 is 1.38 bits per heavy atom. The lowest BCUT2D eigenvalue weighted by atomic mass is 9.86. The number of aromatic nitrogens is 2. The minimum Gasteiger partial charge on any atom is -0.506 e. The van der Waals surface area contributed by atoms with Gasteiger partial charge in [-0.2, -0.15) is 0 Å². The fourth-order valence-corrected chi connectivity index (χ4v) is 3.51. The van der Waals surface area contributed by atoms with Crippen molar-refractivity contribution in [3.05, 3.63) is 29.6 Å². The van der Waals surface area contributed by atoms with E-state index < -0.39 is 11.6 Å². The number of aromatic hydroxyl groups is 1. The fourth-order valence-electron chi connectivity index (χ4n) is 3.51. The maximum absolute atomic E-state index is 11.5. The highest BCUT2D eigenvalue weighted by molar-refractivity contribution is 5.66. The molecule has 1 aliphatic rings. The van der Waals surface area contributed by atoms with Crippen LogP contribution in [0.2, 0.25) is 0 Å². The Labute approximate surface area is 139 Å². The molecular formula is C17H21N3O4. The van der Waals surface area contributed by atoms with Crippen LogP contribution in [0.15, 0.2) is 22.9 Å². The molecule has 0 aromatic carbocycles. The van der Waals surface area contributed by atoms with E-state index in [0.29, 0.717) is 17.9 Å². The minimum absolute atomic E-state index is 0.0782. The van der Waals surface area contributed by atoms with Crippen molar-refractivity contribution in [3.8, 4) is 17.2 Å². The van der Waals surface area contributed by atoms with E-state index in [1.807, 2.05) is 6.92 Å². The Morgan fingerprint density at radius 3 is 2.67 bits per heavy atom. The van der Waals surface area contributed by atoms with E-state index in [0.717, 1.165) is 36.9 Å². The van der Waals surface area contributed by atoms with Crippen LogP contribution in [0.5, 0.6) is 5.75 Å². The molecule has 0 radical (unpaired) electrons. The molecule has 7 nitrogen and oxygen atoms in total. The molecule has 0 saturated heterocycles. The number of amides is 1. The molecular weight excluding hydrogens is 310 g/mol. The second kappa shape index (κ2) is 6.14. The molecule has 2 aromatic rings. The summed E-state index contributed by atoms with van der Waals surface area (Å²) in [5.74, 6) is 0.618. The lowest BCUT2D eigenvalue weighted by Crippen LogP contribution is -2.48. The van der Waals surface area contributed by atoms with E-state index in [1.54, 1.807) is 19.2 Å². The predicted octanol–water partition coefficient (Wildman–Crippen LogP) is 3.22. The van der Waals surface area contributed by atoms with Gasteiger partial charge < -0.3 is 19.6 Å². The van der Waals surface area contributed by atoms with Gasteiger partial charge in [-0.05, 0) is 31.9 Å². The molecule has 0 aliphatic heterocycles. The number of hydrogen-bond acceptors (Lipinski definition) is 5. The molecule has 0 atom stereocenters. The van der Waals surface area contributed by atoms with Crippen molar-refractivity contribution in [3.63, 3.8) is 0 Å². The topological polar surface area (TPSA) is 99.7 Å². The van der Waals surface area contributed by atoms with Gasteiger partial charge >= 0.3 is 6.09 Å². The average molecular weight is 331 g/mol. The summed E-state index contributed by atoms with van der Waals surface area (Å²) < 4.78 is 5.46. The highest BCUT2D eigenvalue weighted by Crippen LogP contribution is 2.40. The first-order valence-corrected chi connectivity index (χ1v) is 8.00. The summed E-state index contributed by atoms with van der Waals surface area (Å²) in [6, 6.07) is 3.21. The molecule has 0 spiro atoms. The zero-order chi connectivity index (χ0) is 17.3. The summed E-state index contributed by atoms with van der Waals surface area (Å²) in [5, 5.41) is 22.9. The van der Waals surface area contributed by atoms with E-state index >= 15 is 0 Å². The van der Waals surface area contributed by atoms with Crippen molar-refractivity contribution < 1.29 is 19.5 Å². The van der Waals surface area contributed by atoms with E-state index in [1.165, 1.54) is 11.1 Å². The van der Waals surface area contributed by atoms with Gasteiger partial charge in [-0.25, -0.2) is 9.78 Å². The zero-order valence-electron chi connectivity index (χ0n) is 13.8. The number of likely N-dealkylation sites (N-methyl/N-ethyl adjacent to an activating group) is 1. The van der Waals surface area contributed by atoms with Crippen LogP contribution < -0.4 is 0 Å². The molecule has 7 heteroatoms. The molecule has 1 aliphatic carbocycles. The van der Waals surface area contributed by atoms with Crippen molar-refractivity contribution in [1.82, 2.24) is 15.0 Å². The molecule has 3 rings (SSSR count).